The predicted octanol–water partition coefficient (Wildman–Crippen LogP) is 8.23. The van der Waals surface area contributed by atoms with Gasteiger partial charge in [-0.15, -0.1) is 0 Å². The molecule has 0 unspecified atom stereocenters. The highest BCUT2D eigenvalue weighted by Crippen LogP contribution is 2.41. The Labute approximate surface area is 334 Å². The highest BCUT2D eigenvalue weighted by molar-refractivity contribution is 7.80. The first-order valence-corrected chi connectivity index (χ1v) is 21.2. The van der Waals surface area contributed by atoms with Crippen molar-refractivity contribution < 1.29 is 27.1 Å². The molecule has 0 bridgehead atoms. The fourth-order valence-electron chi connectivity index (χ4n) is 7.75. The number of nitrogens with zero attached hydrogens (tertiary/aromatic N) is 5. The van der Waals surface area contributed by atoms with Crippen LogP contribution in [0.15, 0.2) is 97.2 Å². The number of ether oxygens (including phenoxy) is 1. The zero-order valence-corrected chi connectivity index (χ0v) is 34.3. The van der Waals surface area contributed by atoms with Crippen molar-refractivity contribution in [2.24, 2.45) is 5.92 Å². The van der Waals surface area contributed by atoms with Crippen LogP contribution in [0, 0.1) is 12.5 Å². The quantitative estimate of drug-likeness (QED) is 0.0814. The SMILES string of the molecule is [C-]#[N+]c1ccc(N2C(=O)C(C)(C)N(Cc3ccc(OCCN4CCC(CO[Si](c5ccccc5)(c5ccccc5)C(C)(C)C)CC4)nc3)C2=S)cc1C(F)(F)F. The topological polar surface area (TPSA) is 62.5 Å². The Morgan fingerprint density at radius 2 is 1.57 bits per heavy atom. The summed E-state index contributed by atoms with van der Waals surface area (Å²) in [7, 11) is -2.57. The van der Waals surface area contributed by atoms with Crippen LogP contribution in [0.2, 0.25) is 5.04 Å². The van der Waals surface area contributed by atoms with Crippen LogP contribution < -0.4 is 20.0 Å². The van der Waals surface area contributed by atoms with E-state index in [1.54, 1.807) is 31.0 Å². The molecule has 2 aliphatic heterocycles. The maximum absolute atomic E-state index is 13.7. The molecule has 56 heavy (non-hydrogen) atoms. The predicted molar refractivity (Wildman–Crippen MR) is 220 cm³/mol. The third kappa shape index (κ3) is 8.39. The Balaban J connectivity index is 1.01. The Kier molecular flexibility index (Phi) is 12.1. The van der Waals surface area contributed by atoms with Gasteiger partial charge in [-0.1, -0.05) is 93.6 Å². The lowest BCUT2D eigenvalue weighted by molar-refractivity contribution is -0.136. The lowest BCUT2D eigenvalue weighted by Gasteiger charge is -2.44. The first kappa shape index (κ1) is 41.0. The summed E-state index contributed by atoms with van der Waals surface area (Å²) in [6.07, 6.45) is -0.999. The van der Waals surface area contributed by atoms with Crippen molar-refractivity contribution in [2.75, 3.05) is 37.7 Å². The maximum Gasteiger partial charge on any atom is 0.407 e. The molecule has 0 saturated carbocycles. The number of carbonyl (C=O) groups excluding carboxylic acids is 1. The summed E-state index contributed by atoms with van der Waals surface area (Å²) in [5, 5.41) is 2.61. The number of rotatable bonds is 12. The fraction of sp³-hybridized carbons (Fsp3) is 0.395. The number of piperidine rings is 1. The molecule has 294 valence electrons. The van der Waals surface area contributed by atoms with Crippen molar-refractivity contribution in [3.05, 3.63) is 120 Å². The number of likely N-dealkylation sites (tertiary alicyclic amines) is 1. The first-order chi connectivity index (χ1) is 26.6. The van der Waals surface area contributed by atoms with Gasteiger partial charge in [-0.05, 0) is 91.0 Å². The van der Waals surface area contributed by atoms with E-state index in [-0.39, 0.29) is 22.4 Å². The maximum atomic E-state index is 13.7. The van der Waals surface area contributed by atoms with E-state index in [0.717, 1.165) is 61.7 Å². The van der Waals surface area contributed by atoms with Crippen molar-refractivity contribution in [1.29, 1.82) is 0 Å². The molecule has 2 saturated heterocycles. The summed E-state index contributed by atoms with van der Waals surface area (Å²) in [6.45, 7) is 21.5. The smallest absolute Gasteiger partial charge is 0.407 e. The van der Waals surface area contributed by atoms with Gasteiger partial charge in [0.2, 0.25) is 5.88 Å². The van der Waals surface area contributed by atoms with E-state index < -0.39 is 37.2 Å². The lowest BCUT2D eigenvalue weighted by Crippen LogP contribution is -2.67. The van der Waals surface area contributed by atoms with Crippen molar-refractivity contribution in [3.63, 3.8) is 0 Å². The van der Waals surface area contributed by atoms with E-state index in [9.17, 15) is 18.0 Å². The zero-order valence-electron chi connectivity index (χ0n) is 32.5. The number of aromatic nitrogens is 1. The molecule has 0 radical (unpaired) electrons. The summed E-state index contributed by atoms with van der Waals surface area (Å²) in [6, 6.07) is 28.3. The molecule has 1 aromatic heterocycles. The molecule has 1 amide bonds. The number of pyridine rings is 1. The molecule has 8 nitrogen and oxygen atoms in total. The molecule has 0 spiro atoms. The van der Waals surface area contributed by atoms with Crippen LogP contribution in [0.3, 0.4) is 0 Å². The minimum Gasteiger partial charge on any atom is -0.476 e. The Bertz CT molecular complexity index is 2010. The number of carbonyl (C=O) groups is 1. The summed E-state index contributed by atoms with van der Waals surface area (Å²) in [5.41, 5.74) is -2.07. The number of amides is 1. The van der Waals surface area contributed by atoms with Gasteiger partial charge in [0.05, 0.1) is 12.1 Å². The van der Waals surface area contributed by atoms with E-state index in [1.807, 2.05) is 6.07 Å². The van der Waals surface area contributed by atoms with Crippen molar-refractivity contribution in [1.82, 2.24) is 14.8 Å². The van der Waals surface area contributed by atoms with Crippen LogP contribution in [0.25, 0.3) is 4.85 Å². The van der Waals surface area contributed by atoms with Crippen molar-refractivity contribution in [3.8, 4) is 5.88 Å². The summed E-state index contributed by atoms with van der Waals surface area (Å²) in [5.74, 6) is 0.485. The van der Waals surface area contributed by atoms with Gasteiger partial charge in [0, 0.05) is 37.6 Å². The standard InChI is InChI=1S/C43H48F3N5O3SSi/c1-41(2,3)56(34-13-9-7-10-14-34,35-15-11-8-12-16-35)54-30-31-21-23-49(24-22-31)25-26-53-38-20-17-32(28-48-38)29-50-40(55)51(39(52)42(50,4)5)33-18-19-37(47-6)36(27-33)43(44,45)46/h7-20,27-28,31H,21-26,29-30H2,1-5H3. The monoisotopic (exact) mass is 799 g/mol. The number of halogens is 3. The zero-order chi connectivity index (χ0) is 40.3. The second kappa shape index (κ2) is 16.5. The number of hydrogen-bond acceptors (Lipinski definition) is 6. The molecule has 0 atom stereocenters. The first-order valence-electron chi connectivity index (χ1n) is 18.9. The molecular weight excluding hydrogens is 752 g/mol. The summed E-state index contributed by atoms with van der Waals surface area (Å²) in [4.78, 5) is 26.2. The summed E-state index contributed by atoms with van der Waals surface area (Å²) < 4.78 is 54.3. The van der Waals surface area contributed by atoms with E-state index in [1.165, 1.54) is 16.4 Å². The number of benzene rings is 3. The number of alkyl halides is 3. The average molecular weight is 800 g/mol. The van der Waals surface area contributed by atoms with Gasteiger partial charge in [-0.2, -0.15) is 13.2 Å². The fourth-order valence-corrected chi connectivity index (χ4v) is 12.9. The third-order valence-electron chi connectivity index (χ3n) is 10.9. The van der Waals surface area contributed by atoms with Crippen LogP contribution in [-0.4, -0.2) is 72.5 Å². The molecular formula is C43H48F3N5O3SSi. The largest absolute Gasteiger partial charge is 0.476 e. The number of thiocarbonyl (C=S) groups is 1. The van der Waals surface area contributed by atoms with Crippen LogP contribution in [0.4, 0.5) is 24.5 Å². The highest BCUT2D eigenvalue weighted by Gasteiger charge is 2.51. The minimum absolute atomic E-state index is 0.0370. The molecule has 2 fully saturated rings. The second-order valence-electron chi connectivity index (χ2n) is 16.0. The third-order valence-corrected chi connectivity index (χ3v) is 16.4. The van der Waals surface area contributed by atoms with Gasteiger partial charge < -0.3 is 14.1 Å². The molecule has 3 aromatic carbocycles. The van der Waals surface area contributed by atoms with Gasteiger partial charge in [-0.25, -0.2) is 9.83 Å². The van der Waals surface area contributed by atoms with Crippen molar-refractivity contribution >= 4 is 53.3 Å². The Morgan fingerprint density at radius 3 is 2.11 bits per heavy atom. The van der Waals surface area contributed by atoms with Gasteiger partial charge >= 0.3 is 6.18 Å². The minimum atomic E-state index is -4.76. The lowest BCUT2D eigenvalue weighted by atomic mass is 9.98. The molecule has 0 N–H and O–H groups in total. The molecule has 4 aromatic rings. The molecule has 13 heteroatoms. The van der Waals surface area contributed by atoms with Gasteiger partial charge in [0.25, 0.3) is 14.2 Å². The van der Waals surface area contributed by atoms with Crippen LogP contribution in [-0.2, 0) is 21.9 Å². The molecule has 2 aliphatic rings. The van der Waals surface area contributed by atoms with Gasteiger partial charge in [0.1, 0.15) is 12.1 Å². The molecule has 0 aliphatic carbocycles. The Morgan fingerprint density at radius 1 is 0.946 bits per heavy atom. The van der Waals surface area contributed by atoms with E-state index in [4.69, 9.17) is 28.0 Å². The normalized spacial score (nSPS) is 17.0. The van der Waals surface area contributed by atoms with Crippen molar-refractivity contribution in [2.45, 2.75) is 70.8 Å². The summed E-state index contributed by atoms with van der Waals surface area (Å²) >= 11 is 5.64. The van der Waals surface area contributed by atoms with Gasteiger partial charge in [0.15, 0.2) is 10.8 Å². The molecule has 3 heterocycles. The molecule has 6 rings (SSSR count). The van der Waals surface area contributed by atoms with Crippen LogP contribution >= 0.6 is 12.2 Å². The van der Waals surface area contributed by atoms with E-state index in [0.29, 0.717) is 18.4 Å². The van der Waals surface area contributed by atoms with E-state index in [2.05, 4.69) is 96.2 Å². The van der Waals surface area contributed by atoms with Gasteiger partial charge in [-0.3, -0.25) is 14.6 Å². The van der Waals surface area contributed by atoms with Crippen LogP contribution in [0.5, 0.6) is 5.88 Å². The Hall–Kier alpha value is -4.61. The van der Waals surface area contributed by atoms with E-state index >= 15 is 0 Å². The van der Waals surface area contributed by atoms with Crippen LogP contribution in [0.1, 0.15) is 58.6 Å². The number of anilines is 1. The average Bonchev–Trinajstić information content (AvgIpc) is 3.34. The highest BCUT2D eigenvalue weighted by atomic mass is 32.1. The number of hydrogen-bond donors (Lipinski definition) is 0. The second-order valence-corrected chi connectivity index (χ2v) is 20.7.